The van der Waals surface area contributed by atoms with E-state index in [2.05, 4.69) is 20.9 Å². The first-order valence-electron chi connectivity index (χ1n) is 6.47. The van der Waals surface area contributed by atoms with Crippen LogP contribution < -0.4 is 5.32 Å². The molecule has 19 heavy (non-hydrogen) atoms. The molecule has 0 atom stereocenters. The Bertz CT molecular complexity index is 584. The molecule has 0 bridgehead atoms. The topological polar surface area (TPSA) is 29.9 Å². The van der Waals surface area contributed by atoms with Crippen LogP contribution in [-0.2, 0) is 6.54 Å². The van der Waals surface area contributed by atoms with E-state index in [1.54, 1.807) is 0 Å². The Morgan fingerprint density at radius 2 is 2.11 bits per heavy atom. The summed E-state index contributed by atoms with van der Waals surface area (Å²) in [5.41, 5.74) is 3.75. The van der Waals surface area contributed by atoms with Gasteiger partial charge in [0.25, 0.3) is 0 Å². The lowest BCUT2D eigenvalue weighted by molar-refractivity contribution is 0.652. The Hall–Kier alpha value is -1.58. The van der Waals surface area contributed by atoms with Crippen molar-refractivity contribution in [2.75, 3.05) is 13.1 Å². The van der Waals surface area contributed by atoms with Crippen LogP contribution >= 0.6 is 11.6 Å². The predicted molar refractivity (Wildman–Crippen MR) is 78.2 cm³/mol. The highest BCUT2D eigenvalue weighted by atomic mass is 35.5. The smallest absolute Gasteiger partial charge is 0.0954 e. The van der Waals surface area contributed by atoms with Crippen molar-refractivity contribution >= 4 is 11.6 Å². The van der Waals surface area contributed by atoms with Gasteiger partial charge in [-0.15, -0.1) is 0 Å². The Balaban J connectivity index is 1.85. The molecule has 1 aromatic carbocycles. The van der Waals surface area contributed by atoms with Crippen molar-refractivity contribution in [3.63, 3.8) is 0 Å². The maximum Gasteiger partial charge on any atom is 0.0954 e. The van der Waals surface area contributed by atoms with Crippen molar-refractivity contribution in [1.29, 1.82) is 0 Å². The molecular weight excluding hydrogens is 258 g/mol. The zero-order valence-electron chi connectivity index (χ0n) is 10.6. The van der Waals surface area contributed by atoms with Gasteiger partial charge in [-0.1, -0.05) is 35.4 Å². The minimum atomic E-state index is 0.760. The molecule has 3 rings (SSSR count). The number of imidazole rings is 1. The molecule has 2 aromatic rings. The molecule has 0 spiro atoms. The number of hydrogen-bond acceptors (Lipinski definition) is 2. The van der Waals surface area contributed by atoms with Gasteiger partial charge in [0, 0.05) is 18.1 Å². The Labute approximate surface area is 117 Å². The number of nitrogens with zero attached hydrogens (tertiary/aromatic N) is 2. The number of benzene rings is 1. The zero-order chi connectivity index (χ0) is 13.1. The summed E-state index contributed by atoms with van der Waals surface area (Å²) in [6.07, 6.45) is 7.19. The van der Waals surface area contributed by atoms with Crippen LogP contribution in [0.15, 0.2) is 48.4 Å². The SMILES string of the molecule is Clc1ccc(-c2cncn2CC2=CCNCC2)cc1. The fourth-order valence-electron chi connectivity index (χ4n) is 2.34. The van der Waals surface area contributed by atoms with Crippen molar-refractivity contribution < 1.29 is 0 Å². The minimum absolute atomic E-state index is 0.760. The van der Waals surface area contributed by atoms with Crippen molar-refractivity contribution in [3.8, 4) is 11.3 Å². The van der Waals surface area contributed by atoms with Gasteiger partial charge < -0.3 is 9.88 Å². The Morgan fingerprint density at radius 3 is 2.84 bits per heavy atom. The molecule has 1 aliphatic heterocycles. The largest absolute Gasteiger partial charge is 0.326 e. The second-order valence-corrected chi connectivity index (χ2v) is 5.17. The fourth-order valence-corrected chi connectivity index (χ4v) is 2.47. The highest BCUT2D eigenvalue weighted by molar-refractivity contribution is 6.30. The van der Waals surface area contributed by atoms with E-state index in [1.807, 2.05) is 36.8 Å². The van der Waals surface area contributed by atoms with Gasteiger partial charge >= 0.3 is 0 Å². The lowest BCUT2D eigenvalue weighted by atomic mass is 10.1. The molecule has 0 fully saturated rings. The van der Waals surface area contributed by atoms with Crippen LogP contribution in [-0.4, -0.2) is 22.6 Å². The molecule has 1 N–H and O–H groups in total. The Morgan fingerprint density at radius 1 is 1.26 bits per heavy atom. The zero-order valence-corrected chi connectivity index (χ0v) is 11.4. The molecule has 0 saturated carbocycles. The van der Waals surface area contributed by atoms with Crippen LogP contribution in [0.5, 0.6) is 0 Å². The van der Waals surface area contributed by atoms with Crippen LogP contribution in [0.25, 0.3) is 11.3 Å². The third-order valence-electron chi connectivity index (χ3n) is 3.38. The summed E-state index contributed by atoms with van der Waals surface area (Å²) in [7, 11) is 0. The van der Waals surface area contributed by atoms with Crippen molar-refractivity contribution in [1.82, 2.24) is 14.9 Å². The van der Waals surface area contributed by atoms with Crippen LogP contribution in [0.2, 0.25) is 5.02 Å². The summed E-state index contributed by atoms with van der Waals surface area (Å²) in [5.74, 6) is 0. The molecule has 2 heterocycles. The molecule has 0 aliphatic carbocycles. The molecule has 4 heteroatoms. The summed E-state index contributed by atoms with van der Waals surface area (Å²) in [6, 6.07) is 7.90. The fraction of sp³-hybridized carbons (Fsp3) is 0.267. The molecule has 0 unspecified atom stereocenters. The highest BCUT2D eigenvalue weighted by Crippen LogP contribution is 2.22. The third kappa shape index (κ3) is 2.88. The first-order valence-corrected chi connectivity index (χ1v) is 6.85. The van der Waals surface area contributed by atoms with Gasteiger partial charge in [-0.2, -0.15) is 0 Å². The Kier molecular flexibility index (Phi) is 3.67. The molecule has 98 valence electrons. The molecule has 1 aromatic heterocycles. The van der Waals surface area contributed by atoms with Gasteiger partial charge in [-0.05, 0) is 30.7 Å². The standard InChI is InChI=1S/C15H16ClN3/c16-14-3-1-13(2-4-14)15-9-18-11-19(15)10-12-5-7-17-8-6-12/h1-5,9,11,17H,6-8,10H2. The van der Waals surface area contributed by atoms with E-state index in [1.165, 1.54) is 5.57 Å². The van der Waals surface area contributed by atoms with Gasteiger partial charge in [0.15, 0.2) is 0 Å². The number of aromatic nitrogens is 2. The van der Waals surface area contributed by atoms with E-state index in [-0.39, 0.29) is 0 Å². The van der Waals surface area contributed by atoms with E-state index < -0.39 is 0 Å². The van der Waals surface area contributed by atoms with Gasteiger partial charge in [0.1, 0.15) is 0 Å². The summed E-state index contributed by atoms with van der Waals surface area (Å²) in [6.45, 7) is 2.96. The van der Waals surface area contributed by atoms with Crippen LogP contribution in [0.1, 0.15) is 6.42 Å². The second-order valence-electron chi connectivity index (χ2n) is 4.73. The molecule has 0 amide bonds. The lowest BCUT2D eigenvalue weighted by Crippen LogP contribution is -2.22. The molecular formula is C15H16ClN3. The van der Waals surface area contributed by atoms with Gasteiger partial charge in [-0.25, -0.2) is 4.98 Å². The number of rotatable bonds is 3. The van der Waals surface area contributed by atoms with Crippen LogP contribution in [0.4, 0.5) is 0 Å². The number of nitrogens with one attached hydrogen (secondary N) is 1. The average molecular weight is 274 g/mol. The molecule has 0 saturated heterocycles. The van der Waals surface area contributed by atoms with E-state index in [0.717, 1.165) is 42.3 Å². The van der Waals surface area contributed by atoms with Crippen LogP contribution in [0.3, 0.4) is 0 Å². The molecule has 3 nitrogen and oxygen atoms in total. The summed E-state index contributed by atoms with van der Waals surface area (Å²) in [5, 5.41) is 4.09. The average Bonchev–Trinajstić information content (AvgIpc) is 2.89. The second kappa shape index (κ2) is 5.59. The van der Waals surface area contributed by atoms with E-state index in [4.69, 9.17) is 11.6 Å². The number of hydrogen-bond donors (Lipinski definition) is 1. The van der Waals surface area contributed by atoms with Crippen LogP contribution in [0, 0.1) is 0 Å². The van der Waals surface area contributed by atoms with E-state index >= 15 is 0 Å². The maximum absolute atomic E-state index is 5.93. The van der Waals surface area contributed by atoms with Gasteiger partial charge in [0.2, 0.25) is 0 Å². The van der Waals surface area contributed by atoms with E-state index in [9.17, 15) is 0 Å². The minimum Gasteiger partial charge on any atom is -0.326 e. The van der Waals surface area contributed by atoms with E-state index in [0.29, 0.717) is 0 Å². The predicted octanol–water partition coefficient (Wildman–Crippen LogP) is 3.12. The first kappa shape index (κ1) is 12.5. The van der Waals surface area contributed by atoms with Crippen molar-refractivity contribution in [2.24, 2.45) is 0 Å². The van der Waals surface area contributed by atoms with Crippen molar-refractivity contribution in [2.45, 2.75) is 13.0 Å². The third-order valence-corrected chi connectivity index (χ3v) is 3.64. The molecule has 0 radical (unpaired) electrons. The lowest BCUT2D eigenvalue weighted by Gasteiger charge is -2.16. The summed E-state index contributed by atoms with van der Waals surface area (Å²) in [4.78, 5) is 4.27. The normalized spacial score (nSPS) is 15.3. The summed E-state index contributed by atoms with van der Waals surface area (Å²) < 4.78 is 2.19. The maximum atomic E-state index is 5.93. The van der Waals surface area contributed by atoms with Gasteiger partial charge in [0.05, 0.1) is 18.2 Å². The highest BCUT2D eigenvalue weighted by Gasteiger charge is 2.08. The number of halogens is 1. The molecule has 1 aliphatic rings. The monoisotopic (exact) mass is 273 g/mol. The first-order chi connectivity index (χ1) is 9.33. The quantitative estimate of drug-likeness (QED) is 0.871. The van der Waals surface area contributed by atoms with Gasteiger partial charge in [-0.3, -0.25) is 0 Å². The summed E-state index contributed by atoms with van der Waals surface area (Å²) >= 11 is 5.93. The van der Waals surface area contributed by atoms with Crippen molar-refractivity contribution in [3.05, 3.63) is 53.5 Å².